The molecule has 5 heteroatoms. The van der Waals surface area contributed by atoms with E-state index in [1.54, 1.807) is 6.08 Å². The maximum atomic E-state index is 5.63. The Bertz CT molecular complexity index is 826. The molecule has 2 aromatic heterocycles. The molecule has 128 valence electrons. The van der Waals surface area contributed by atoms with Gasteiger partial charge in [0.25, 0.3) is 0 Å². The van der Waals surface area contributed by atoms with Crippen LogP contribution in [0.15, 0.2) is 55.6 Å². The lowest BCUT2D eigenvalue weighted by Gasteiger charge is -2.27. The predicted octanol–water partition coefficient (Wildman–Crippen LogP) is 3.87. The van der Waals surface area contributed by atoms with Gasteiger partial charge in [0, 0.05) is 30.4 Å². The highest BCUT2D eigenvalue weighted by Crippen LogP contribution is 2.32. The zero-order valence-electron chi connectivity index (χ0n) is 14.3. The van der Waals surface area contributed by atoms with Crippen LogP contribution in [0.5, 0.6) is 0 Å². The summed E-state index contributed by atoms with van der Waals surface area (Å²) in [6.07, 6.45) is 11.3. The van der Waals surface area contributed by atoms with Gasteiger partial charge in [0.05, 0.1) is 11.9 Å². The molecule has 4 heterocycles. The van der Waals surface area contributed by atoms with E-state index in [1.165, 1.54) is 19.3 Å². The van der Waals surface area contributed by atoms with E-state index in [4.69, 9.17) is 9.84 Å². The minimum absolute atomic E-state index is 0.488. The Morgan fingerprint density at radius 3 is 2.72 bits per heavy atom. The van der Waals surface area contributed by atoms with Crippen LogP contribution in [-0.4, -0.2) is 27.9 Å². The van der Waals surface area contributed by atoms with Gasteiger partial charge in [-0.05, 0) is 37.5 Å². The van der Waals surface area contributed by atoms with Crippen LogP contribution < -0.4 is 4.90 Å². The van der Waals surface area contributed by atoms with Crippen LogP contribution in [0.4, 0.5) is 5.82 Å². The molecule has 0 saturated carbocycles. The first kappa shape index (κ1) is 15.7. The summed E-state index contributed by atoms with van der Waals surface area (Å²) < 4.78 is 7.49. The van der Waals surface area contributed by atoms with E-state index in [0.29, 0.717) is 12.4 Å². The lowest BCUT2D eigenvalue weighted by Crippen LogP contribution is -2.30. The average Bonchev–Trinajstić information content (AvgIpc) is 3.10. The first-order valence-electron chi connectivity index (χ1n) is 8.71. The molecule has 0 bridgehead atoms. The van der Waals surface area contributed by atoms with Crippen molar-refractivity contribution in [2.75, 3.05) is 18.0 Å². The monoisotopic (exact) mass is 334 g/mol. The molecule has 0 spiro atoms. The lowest BCUT2D eigenvalue weighted by atomic mass is 10.0. The van der Waals surface area contributed by atoms with E-state index in [2.05, 4.69) is 35.2 Å². The lowest BCUT2D eigenvalue weighted by molar-refractivity contribution is 0.209. The predicted molar refractivity (Wildman–Crippen MR) is 99.5 cm³/mol. The summed E-state index contributed by atoms with van der Waals surface area (Å²) >= 11 is 0. The van der Waals surface area contributed by atoms with Gasteiger partial charge in [-0.3, -0.25) is 0 Å². The van der Waals surface area contributed by atoms with Gasteiger partial charge in [-0.25, -0.2) is 9.67 Å². The molecule has 0 N–H and O–H groups in total. The minimum Gasteiger partial charge on any atom is -0.489 e. The largest absolute Gasteiger partial charge is 0.489 e. The zero-order valence-corrected chi connectivity index (χ0v) is 14.3. The van der Waals surface area contributed by atoms with Gasteiger partial charge in [0.2, 0.25) is 0 Å². The van der Waals surface area contributed by atoms with E-state index in [9.17, 15) is 0 Å². The second kappa shape index (κ2) is 6.59. The normalized spacial score (nSPS) is 18.8. The van der Waals surface area contributed by atoms with Crippen molar-refractivity contribution in [2.45, 2.75) is 25.9 Å². The summed E-state index contributed by atoms with van der Waals surface area (Å²) in [6.45, 7) is 10.4. The van der Waals surface area contributed by atoms with Crippen LogP contribution in [0, 0.1) is 0 Å². The quantitative estimate of drug-likeness (QED) is 0.854. The Balaban J connectivity index is 1.62. The Morgan fingerprint density at radius 2 is 2.00 bits per heavy atom. The molecule has 0 radical (unpaired) electrons. The fraction of sp³-hybridized carbons (Fsp3) is 0.300. The first-order valence-corrected chi connectivity index (χ1v) is 8.71. The smallest absolute Gasteiger partial charge is 0.128 e. The number of nitrogens with zero attached hydrogens (tertiary/aromatic N) is 4. The van der Waals surface area contributed by atoms with E-state index in [1.807, 2.05) is 23.2 Å². The molecule has 0 aliphatic carbocycles. The number of anilines is 1. The number of aromatic nitrogens is 3. The van der Waals surface area contributed by atoms with Gasteiger partial charge in [0.15, 0.2) is 0 Å². The topological polar surface area (TPSA) is 43.2 Å². The van der Waals surface area contributed by atoms with Crippen molar-refractivity contribution < 1.29 is 4.74 Å². The molecule has 0 aromatic carbocycles. The van der Waals surface area contributed by atoms with Gasteiger partial charge in [0.1, 0.15) is 23.9 Å². The molecule has 0 unspecified atom stereocenters. The standard InChI is InChI=1S/C20H22N4O/c1-3-7-18-15(2)25-14-16-13-24(22-20(16)18)17-8-9-19(21-12-17)23-10-5-4-6-11-23/h3,7-9,12-13H,1-2,4-6,10-11,14H2/b18-7+. The molecule has 5 nitrogen and oxygen atoms in total. The molecule has 2 aliphatic heterocycles. The third kappa shape index (κ3) is 2.97. The number of pyridine rings is 1. The molecule has 2 aliphatic rings. The Kier molecular flexibility index (Phi) is 4.14. The number of hydrogen-bond acceptors (Lipinski definition) is 4. The highest BCUT2D eigenvalue weighted by molar-refractivity contribution is 5.78. The van der Waals surface area contributed by atoms with Crippen molar-refractivity contribution in [3.63, 3.8) is 0 Å². The SMILES string of the molecule is C=C/C=C1\C(=C)OCc2cn(-c3ccc(N4CCCCC4)nc3)nc21. The molecule has 1 saturated heterocycles. The van der Waals surface area contributed by atoms with Gasteiger partial charge < -0.3 is 9.64 Å². The van der Waals surface area contributed by atoms with Crippen molar-refractivity contribution in [2.24, 2.45) is 0 Å². The molecular formula is C20H22N4O. The fourth-order valence-corrected chi connectivity index (χ4v) is 3.36. The number of piperidine rings is 1. The summed E-state index contributed by atoms with van der Waals surface area (Å²) in [6, 6.07) is 4.15. The van der Waals surface area contributed by atoms with Crippen LogP contribution in [0.25, 0.3) is 11.3 Å². The van der Waals surface area contributed by atoms with E-state index in [-0.39, 0.29) is 0 Å². The first-order chi connectivity index (χ1) is 12.3. The molecule has 0 amide bonds. The zero-order chi connectivity index (χ0) is 17.2. The summed E-state index contributed by atoms with van der Waals surface area (Å²) in [5.41, 5.74) is 3.77. The number of fused-ring (bicyclic) bond motifs is 1. The van der Waals surface area contributed by atoms with Crippen LogP contribution in [0.3, 0.4) is 0 Å². The van der Waals surface area contributed by atoms with E-state index >= 15 is 0 Å². The van der Waals surface area contributed by atoms with E-state index < -0.39 is 0 Å². The maximum Gasteiger partial charge on any atom is 0.128 e. The third-order valence-electron chi connectivity index (χ3n) is 4.71. The van der Waals surface area contributed by atoms with Crippen molar-refractivity contribution in [3.05, 3.63) is 66.9 Å². The van der Waals surface area contributed by atoms with Crippen LogP contribution in [0.1, 0.15) is 30.5 Å². The second-order valence-electron chi connectivity index (χ2n) is 6.40. The molecule has 4 rings (SSSR count). The number of ether oxygens (including phenoxy) is 1. The average molecular weight is 334 g/mol. The van der Waals surface area contributed by atoms with Crippen LogP contribution in [0.2, 0.25) is 0 Å². The number of rotatable bonds is 3. The summed E-state index contributed by atoms with van der Waals surface area (Å²) in [5.74, 6) is 1.68. The van der Waals surface area contributed by atoms with Gasteiger partial charge in [-0.15, -0.1) is 0 Å². The van der Waals surface area contributed by atoms with Gasteiger partial charge in [-0.1, -0.05) is 19.2 Å². The summed E-state index contributed by atoms with van der Waals surface area (Å²) in [7, 11) is 0. The number of hydrogen-bond donors (Lipinski definition) is 0. The molecule has 0 atom stereocenters. The van der Waals surface area contributed by atoms with Crippen LogP contribution in [-0.2, 0) is 11.3 Å². The Hall–Kier alpha value is -2.82. The van der Waals surface area contributed by atoms with Gasteiger partial charge >= 0.3 is 0 Å². The van der Waals surface area contributed by atoms with Crippen molar-refractivity contribution in [1.82, 2.24) is 14.8 Å². The minimum atomic E-state index is 0.488. The van der Waals surface area contributed by atoms with Crippen LogP contribution >= 0.6 is 0 Å². The molecule has 2 aromatic rings. The van der Waals surface area contributed by atoms with Crippen molar-refractivity contribution in [3.8, 4) is 5.69 Å². The molecule has 25 heavy (non-hydrogen) atoms. The maximum absolute atomic E-state index is 5.63. The number of allylic oxidation sites excluding steroid dienone is 3. The van der Waals surface area contributed by atoms with Crippen molar-refractivity contribution >= 4 is 11.4 Å². The van der Waals surface area contributed by atoms with Crippen molar-refractivity contribution in [1.29, 1.82) is 0 Å². The summed E-state index contributed by atoms with van der Waals surface area (Å²) in [5, 5.41) is 4.72. The third-order valence-corrected chi connectivity index (χ3v) is 4.71. The molecular weight excluding hydrogens is 312 g/mol. The van der Waals surface area contributed by atoms with E-state index in [0.717, 1.165) is 41.4 Å². The Labute approximate surface area is 147 Å². The second-order valence-corrected chi connectivity index (χ2v) is 6.40. The highest BCUT2D eigenvalue weighted by Gasteiger charge is 2.22. The fourth-order valence-electron chi connectivity index (χ4n) is 3.36. The highest BCUT2D eigenvalue weighted by atomic mass is 16.5. The molecule has 1 fully saturated rings. The summed E-state index contributed by atoms with van der Waals surface area (Å²) in [4.78, 5) is 6.99. The Morgan fingerprint density at radius 1 is 1.16 bits per heavy atom. The van der Waals surface area contributed by atoms with Gasteiger partial charge in [-0.2, -0.15) is 5.10 Å².